The molecule has 0 amide bonds. The van der Waals surface area contributed by atoms with Crippen LogP contribution in [0.3, 0.4) is 0 Å². The smallest absolute Gasteiger partial charge is 0.0898 e. The lowest BCUT2D eigenvalue weighted by molar-refractivity contribution is -0.00610. The van der Waals surface area contributed by atoms with E-state index in [-0.39, 0.29) is 6.04 Å². The number of hydrogen-bond donors (Lipinski definition) is 2. The average Bonchev–Trinajstić information content (AvgIpc) is 2.95. The van der Waals surface area contributed by atoms with Gasteiger partial charge in [0.1, 0.15) is 0 Å². The fourth-order valence-corrected chi connectivity index (χ4v) is 2.77. The van der Waals surface area contributed by atoms with Crippen molar-refractivity contribution in [3.8, 4) is 0 Å². The van der Waals surface area contributed by atoms with Gasteiger partial charge in [0.2, 0.25) is 0 Å². The van der Waals surface area contributed by atoms with E-state index in [0.29, 0.717) is 19.3 Å². The van der Waals surface area contributed by atoms with Gasteiger partial charge in [-0.25, -0.2) is 0 Å². The second kappa shape index (κ2) is 7.99. The van der Waals surface area contributed by atoms with E-state index in [1.54, 1.807) is 0 Å². The normalized spacial score (nSPS) is 19.1. The van der Waals surface area contributed by atoms with Gasteiger partial charge in [0, 0.05) is 17.6 Å². The molecule has 1 unspecified atom stereocenters. The van der Waals surface area contributed by atoms with Gasteiger partial charge in [-0.1, -0.05) is 36.6 Å². The van der Waals surface area contributed by atoms with Crippen LogP contribution in [0.15, 0.2) is 24.3 Å². The van der Waals surface area contributed by atoms with E-state index in [4.69, 9.17) is 16.3 Å². The zero-order valence-electron chi connectivity index (χ0n) is 12.0. The Balaban J connectivity index is 1.68. The Kier molecular flexibility index (Phi) is 6.30. The molecule has 1 aliphatic rings. The minimum Gasteiger partial charge on any atom is -0.389 e. The first kappa shape index (κ1) is 15.8. The molecule has 0 spiro atoms. The first-order valence-electron chi connectivity index (χ1n) is 7.43. The number of benzene rings is 1. The molecular formula is C16H24ClNO2. The highest BCUT2D eigenvalue weighted by Crippen LogP contribution is 2.21. The van der Waals surface area contributed by atoms with Crippen LogP contribution in [0.5, 0.6) is 0 Å². The van der Waals surface area contributed by atoms with Gasteiger partial charge in [0.15, 0.2) is 0 Å². The van der Waals surface area contributed by atoms with Gasteiger partial charge in [-0.3, -0.25) is 0 Å². The van der Waals surface area contributed by atoms with Crippen LogP contribution in [0.2, 0.25) is 5.02 Å². The van der Waals surface area contributed by atoms with E-state index in [2.05, 4.69) is 12.2 Å². The standard InChI is InChI=1S/C16H24ClNO2/c1-12(13-5-4-6-14(17)9-13)18-10-15(19)11-20-16-7-2-3-8-16/h4-6,9,12,15-16,18-19H,2-3,7-8,10-11H2,1H3/t12-,15?/m0/s1. The summed E-state index contributed by atoms with van der Waals surface area (Å²) in [5.74, 6) is 0. The van der Waals surface area contributed by atoms with Crippen LogP contribution in [0.25, 0.3) is 0 Å². The Morgan fingerprint density at radius 3 is 2.85 bits per heavy atom. The molecule has 0 saturated heterocycles. The molecule has 1 aromatic carbocycles. The van der Waals surface area contributed by atoms with Crippen molar-refractivity contribution in [2.24, 2.45) is 0 Å². The van der Waals surface area contributed by atoms with Crippen LogP contribution in [0.4, 0.5) is 0 Å². The SMILES string of the molecule is C[C@H](NCC(O)COC1CCCC1)c1cccc(Cl)c1. The summed E-state index contributed by atoms with van der Waals surface area (Å²) in [5, 5.41) is 14.0. The summed E-state index contributed by atoms with van der Waals surface area (Å²) >= 11 is 5.98. The molecule has 112 valence electrons. The first-order chi connectivity index (χ1) is 9.65. The Hall–Kier alpha value is -0.610. The van der Waals surface area contributed by atoms with Gasteiger partial charge in [-0.15, -0.1) is 0 Å². The monoisotopic (exact) mass is 297 g/mol. The second-order valence-electron chi connectivity index (χ2n) is 5.58. The Labute approximate surface area is 126 Å². The van der Waals surface area contributed by atoms with E-state index in [0.717, 1.165) is 23.4 Å². The molecule has 20 heavy (non-hydrogen) atoms. The van der Waals surface area contributed by atoms with Crippen LogP contribution in [-0.4, -0.2) is 30.5 Å². The molecule has 1 fully saturated rings. The molecule has 0 aliphatic heterocycles. The minimum atomic E-state index is -0.461. The fourth-order valence-electron chi connectivity index (χ4n) is 2.57. The Bertz CT molecular complexity index is 407. The summed E-state index contributed by atoms with van der Waals surface area (Å²) in [4.78, 5) is 0. The molecule has 3 nitrogen and oxygen atoms in total. The van der Waals surface area contributed by atoms with E-state index in [1.807, 2.05) is 24.3 Å². The van der Waals surface area contributed by atoms with Crippen molar-refractivity contribution in [1.29, 1.82) is 0 Å². The second-order valence-corrected chi connectivity index (χ2v) is 6.01. The highest BCUT2D eigenvalue weighted by molar-refractivity contribution is 6.30. The lowest BCUT2D eigenvalue weighted by atomic mass is 10.1. The summed E-state index contributed by atoms with van der Waals surface area (Å²) in [6, 6.07) is 7.94. The van der Waals surface area contributed by atoms with Crippen LogP contribution in [-0.2, 0) is 4.74 Å². The number of rotatable bonds is 7. The van der Waals surface area contributed by atoms with Crippen LogP contribution < -0.4 is 5.32 Å². The van der Waals surface area contributed by atoms with Crippen LogP contribution >= 0.6 is 11.6 Å². The average molecular weight is 298 g/mol. The number of hydrogen-bond acceptors (Lipinski definition) is 3. The maximum atomic E-state index is 9.95. The molecule has 0 bridgehead atoms. The third kappa shape index (κ3) is 5.06. The molecule has 2 atom stereocenters. The lowest BCUT2D eigenvalue weighted by Crippen LogP contribution is -2.33. The zero-order chi connectivity index (χ0) is 14.4. The topological polar surface area (TPSA) is 41.5 Å². The summed E-state index contributed by atoms with van der Waals surface area (Å²) in [7, 11) is 0. The molecule has 1 aromatic rings. The van der Waals surface area contributed by atoms with Gasteiger partial charge < -0.3 is 15.2 Å². The van der Waals surface area contributed by atoms with Crippen molar-refractivity contribution in [2.45, 2.75) is 50.9 Å². The predicted molar refractivity (Wildman–Crippen MR) is 82.1 cm³/mol. The van der Waals surface area contributed by atoms with Gasteiger partial charge in [-0.05, 0) is 37.5 Å². The summed E-state index contributed by atoms with van der Waals surface area (Å²) in [6.07, 6.45) is 4.68. The molecule has 2 N–H and O–H groups in total. The van der Waals surface area contributed by atoms with Crippen LogP contribution in [0, 0.1) is 0 Å². The quantitative estimate of drug-likeness (QED) is 0.811. The van der Waals surface area contributed by atoms with Crippen molar-refractivity contribution in [3.05, 3.63) is 34.9 Å². The number of ether oxygens (including phenoxy) is 1. The Morgan fingerprint density at radius 1 is 1.40 bits per heavy atom. The van der Waals surface area contributed by atoms with Gasteiger partial charge >= 0.3 is 0 Å². The van der Waals surface area contributed by atoms with E-state index < -0.39 is 6.10 Å². The number of aliphatic hydroxyl groups is 1. The number of halogens is 1. The maximum Gasteiger partial charge on any atom is 0.0898 e. The first-order valence-corrected chi connectivity index (χ1v) is 7.81. The van der Waals surface area contributed by atoms with Crippen molar-refractivity contribution in [1.82, 2.24) is 5.32 Å². The van der Waals surface area contributed by atoms with Crippen molar-refractivity contribution >= 4 is 11.6 Å². The van der Waals surface area contributed by atoms with E-state index >= 15 is 0 Å². The third-order valence-corrected chi connectivity index (χ3v) is 4.07. The molecule has 1 aliphatic carbocycles. The molecule has 4 heteroatoms. The highest BCUT2D eigenvalue weighted by Gasteiger charge is 2.17. The van der Waals surface area contributed by atoms with Gasteiger partial charge in [-0.2, -0.15) is 0 Å². The molecular weight excluding hydrogens is 274 g/mol. The van der Waals surface area contributed by atoms with Crippen LogP contribution in [0.1, 0.15) is 44.2 Å². The van der Waals surface area contributed by atoms with E-state index in [9.17, 15) is 5.11 Å². The van der Waals surface area contributed by atoms with Crippen molar-refractivity contribution in [2.75, 3.05) is 13.2 Å². The van der Waals surface area contributed by atoms with E-state index in [1.165, 1.54) is 12.8 Å². The molecule has 0 heterocycles. The summed E-state index contributed by atoms with van der Waals surface area (Å²) < 4.78 is 5.71. The maximum absolute atomic E-state index is 9.95. The Morgan fingerprint density at radius 2 is 2.15 bits per heavy atom. The highest BCUT2D eigenvalue weighted by atomic mass is 35.5. The number of nitrogens with one attached hydrogen (secondary N) is 1. The van der Waals surface area contributed by atoms with Gasteiger partial charge in [0.05, 0.1) is 18.8 Å². The fraction of sp³-hybridized carbons (Fsp3) is 0.625. The predicted octanol–water partition coefficient (Wildman–Crippen LogP) is 3.31. The zero-order valence-corrected chi connectivity index (χ0v) is 12.8. The summed E-state index contributed by atoms with van der Waals surface area (Å²) in [6.45, 7) is 3.01. The number of aliphatic hydroxyl groups excluding tert-OH is 1. The van der Waals surface area contributed by atoms with Crippen molar-refractivity contribution in [3.63, 3.8) is 0 Å². The van der Waals surface area contributed by atoms with Crippen molar-refractivity contribution < 1.29 is 9.84 Å². The molecule has 0 radical (unpaired) electrons. The molecule has 1 saturated carbocycles. The lowest BCUT2D eigenvalue weighted by Gasteiger charge is -2.19. The largest absolute Gasteiger partial charge is 0.389 e. The van der Waals surface area contributed by atoms with Gasteiger partial charge in [0.25, 0.3) is 0 Å². The molecule has 0 aromatic heterocycles. The molecule has 2 rings (SSSR count). The third-order valence-electron chi connectivity index (χ3n) is 3.83. The minimum absolute atomic E-state index is 0.162. The summed E-state index contributed by atoms with van der Waals surface area (Å²) in [5.41, 5.74) is 1.13.